The Hall–Kier alpha value is -2.09. The molecular formula is C14H9Cl2N3O. The lowest BCUT2D eigenvalue weighted by Crippen LogP contribution is -2.27. The third kappa shape index (κ3) is 2.90. The monoisotopic (exact) mass is 305 g/mol. The van der Waals surface area contributed by atoms with Gasteiger partial charge in [0.25, 0.3) is 5.91 Å². The molecule has 0 fully saturated rings. The average molecular weight is 306 g/mol. The molecule has 0 bridgehead atoms. The van der Waals surface area contributed by atoms with Gasteiger partial charge in [-0.1, -0.05) is 35.3 Å². The Bertz CT molecular complexity index is 690. The molecule has 2 aromatic rings. The van der Waals surface area contributed by atoms with E-state index in [9.17, 15) is 4.79 Å². The van der Waals surface area contributed by atoms with Crippen LogP contribution in [-0.4, -0.2) is 17.9 Å². The highest BCUT2D eigenvalue weighted by atomic mass is 35.5. The number of aromatic nitrogens is 1. The smallest absolute Gasteiger partial charge is 0.258 e. The average Bonchev–Trinajstić information content (AvgIpc) is 2.44. The molecule has 20 heavy (non-hydrogen) atoms. The van der Waals surface area contributed by atoms with Crippen LogP contribution in [0.5, 0.6) is 0 Å². The molecule has 100 valence electrons. The van der Waals surface area contributed by atoms with E-state index in [0.29, 0.717) is 16.8 Å². The molecule has 0 unspecified atom stereocenters. The highest BCUT2D eigenvalue weighted by Crippen LogP contribution is 2.22. The van der Waals surface area contributed by atoms with Gasteiger partial charge in [0.05, 0.1) is 11.3 Å². The maximum atomic E-state index is 12.4. The van der Waals surface area contributed by atoms with E-state index in [1.807, 2.05) is 6.07 Å². The van der Waals surface area contributed by atoms with Gasteiger partial charge >= 0.3 is 0 Å². The minimum Gasteiger partial charge on any atom is -0.310 e. The van der Waals surface area contributed by atoms with Crippen molar-refractivity contribution in [2.45, 2.75) is 0 Å². The number of pyridine rings is 1. The van der Waals surface area contributed by atoms with Crippen molar-refractivity contribution in [2.24, 2.45) is 0 Å². The van der Waals surface area contributed by atoms with Gasteiger partial charge in [-0.05, 0) is 24.3 Å². The van der Waals surface area contributed by atoms with Gasteiger partial charge in [0.2, 0.25) is 0 Å². The van der Waals surface area contributed by atoms with E-state index in [-0.39, 0.29) is 16.2 Å². The van der Waals surface area contributed by atoms with Crippen molar-refractivity contribution in [1.29, 1.82) is 5.26 Å². The number of nitrogens with zero attached hydrogens (tertiary/aromatic N) is 3. The van der Waals surface area contributed by atoms with Crippen LogP contribution < -0.4 is 4.90 Å². The van der Waals surface area contributed by atoms with Gasteiger partial charge in [0.15, 0.2) is 0 Å². The fourth-order valence-corrected chi connectivity index (χ4v) is 2.21. The van der Waals surface area contributed by atoms with Gasteiger partial charge in [0, 0.05) is 12.6 Å². The van der Waals surface area contributed by atoms with Crippen LogP contribution in [0.3, 0.4) is 0 Å². The molecule has 6 heteroatoms. The van der Waals surface area contributed by atoms with Crippen LogP contribution >= 0.6 is 23.2 Å². The largest absolute Gasteiger partial charge is 0.310 e. The number of hydrogen-bond donors (Lipinski definition) is 0. The summed E-state index contributed by atoms with van der Waals surface area (Å²) in [6.07, 6.45) is 0. The molecule has 1 aromatic carbocycles. The number of halogens is 2. The normalized spacial score (nSPS) is 9.90. The maximum absolute atomic E-state index is 12.4. The van der Waals surface area contributed by atoms with Crippen molar-refractivity contribution in [3.8, 4) is 6.07 Å². The van der Waals surface area contributed by atoms with Crippen LogP contribution in [0.2, 0.25) is 10.3 Å². The Kier molecular flexibility index (Phi) is 4.23. The van der Waals surface area contributed by atoms with Crippen molar-refractivity contribution < 1.29 is 4.79 Å². The summed E-state index contributed by atoms with van der Waals surface area (Å²) in [5.74, 6) is -0.320. The number of amides is 1. The summed E-state index contributed by atoms with van der Waals surface area (Å²) in [6, 6.07) is 11.7. The zero-order chi connectivity index (χ0) is 14.7. The van der Waals surface area contributed by atoms with Crippen molar-refractivity contribution in [1.82, 2.24) is 4.98 Å². The van der Waals surface area contributed by atoms with E-state index < -0.39 is 0 Å². The lowest BCUT2D eigenvalue weighted by molar-refractivity contribution is 0.0993. The third-order valence-electron chi connectivity index (χ3n) is 2.70. The first-order chi connectivity index (χ1) is 9.52. The Balaban J connectivity index is 2.40. The molecule has 0 saturated carbocycles. The summed E-state index contributed by atoms with van der Waals surface area (Å²) >= 11 is 11.6. The van der Waals surface area contributed by atoms with E-state index in [1.165, 1.54) is 17.0 Å². The van der Waals surface area contributed by atoms with E-state index in [2.05, 4.69) is 4.98 Å². The molecule has 4 nitrogen and oxygen atoms in total. The van der Waals surface area contributed by atoms with E-state index >= 15 is 0 Å². The number of hydrogen-bond acceptors (Lipinski definition) is 3. The van der Waals surface area contributed by atoms with Crippen molar-refractivity contribution in [2.75, 3.05) is 11.9 Å². The number of rotatable bonds is 2. The molecule has 0 aliphatic carbocycles. The zero-order valence-electron chi connectivity index (χ0n) is 10.5. The van der Waals surface area contributed by atoms with E-state index in [1.54, 1.807) is 31.3 Å². The summed E-state index contributed by atoms with van der Waals surface area (Å²) in [5, 5.41) is 9.35. The Morgan fingerprint density at radius 1 is 1.25 bits per heavy atom. The number of para-hydroxylation sites is 1. The molecule has 0 radical (unpaired) electrons. The molecule has 2 rings (SSSR count). The molecular weight excluding hydrogens is 297 g/mol. The topological polar surface area (TPSA) is 57.0 Å². The first-order valence-electron chi connectivity index (χ1n) is 5.63. The van der Waals surface area contributed by atoms with E-state index in [4.69, 9.17) is 28.5 Å². The van der Waals surface area contributed by atoms with Gasteiger partial charge < -0.3 is 4.90 Å². The summed E-state index contributed by atoms with van der Waals surface area (Å²) in [5.41, 5.74) is 1.24. The Morgan fingerprint density at radius 3 is 2.45 bits per heavy atom. The number of carbonyl (C=O) groups is 1. The van der Waals surface area contributed by atoms with Gasteiger partial charge in [-0.15, -0.1) is 0 Å². The molecule has 0 spiro atoms. The lowest BCUT2D eigenvalue weighted by Gasteiger charge is -2.18. The Morgan fingerprint density at radius 2 is 1.85 bits per heavy atom. The minimum absolute atomic E-state index is 0.141. The van der Waals surface area contributed by atoms with Crippen LogP contribution in [0.4, 0.5) is 5.69 Å². The second kappa shape index (κ2) is 5.91. The highest BCUT2D eigenvalue weighted by molar-refractivity contribution is 6.33. The van der Waals surface area contributed by atoms with Crippen LogP contribution in [0.15, 0.2) is 36.4 Å². The first kappa shape index (κ1) is 14.3. The van der Waals surface area contributed by atoms with Crippen LogP contribution in [0, 0.1) is 11.3 Å². The predicted octanol–water partition coefficient (Wildman–Crippen LogP) is 3.54. The van der Waals surface area contributed by atoms with Gasteiger partial charge in [-0.2, -0.15) is 5.26 Å². The van der Waals surface area contributed by atoms with Crippen molar-refractivity contribution >= 4 is 34.8 Å². The predicted molar refractivity (Wildman–Crippen MR) is 78.1 cm³/mol. The number of anilines is 1. The van der Waals surface area contributed by atoms with E-state index in [0.717, 1.165) is 0 Å². The number of nitriles is 1. The molecule has 1 aromatic heterocycles. The summed E-state index contributed by atoms with van der Waals surface area (Å²) in [4.78, 5) is 17.6. The van der Waals surface area contributed by atoms with Crippen molar-refractivity contribution in [3.63, 3.8) is 0 Å². The van der Waals surface area contributed by atoms with Gasteiger partial charge in [-0.25, -0.2) is 4.98 Å². The van der Waals surface area contributed by atoms with Gasteiger partial charge in [0.1, 0.15) is 16.4 Å². The van der Waals surface area contributed by atoms with Crippen molar-refractivity contribution in [3.05, 3.63) is 57.8 Å². The maximum Gasteiger partial charge on any atom is 0.258 e. The van der Waals surface area contributed by atoms with Crippen LogP contribution in [0.1, 0.15) is 15.9 Å². The first-order valence-corrected chi connectivity index (χ1v) is 6.39. The summed E-state index contributed by atoms with van der Waals surface area (Å²) in [6.45, 7) is 0. The number of carbonyl (C=O) groups excluding carboxylic acids is 1. The molecule has 0 saturated heterocycles. The fourth-order valence-electron chi connectivity index (χ4n) is 1.75. The zero-order valence-corrected chi connectivity index (χ0v) is 12.0. The molecule has 0 N–H and O–H groups in total. The minimum atomic E-state index is -0.320. The molecule has 0 atom stereocenters. The SMILES string of the molecule is CN(C(=O)c1cc(Cl)nc(Cl)c1)c1ccccc1C#N. The molecule has 1 heterocycles. The fraction of sp³-hybridized carbons (Fsp3) is 0.0714. The second-order valence-electron chi connectivity index (χ2n) is 3.99. The lowest BCUT2D eigenvalue weighted by atomic mass is 10.1. The van der Waals surface area contributed by atoms with Crippen LogP contribution in [0.25, 0.3) is 0 Å². The van der Waals surface area contributed by atoms with Crippen LogP contribution in [-0.2, 0) is 0 Å². The third-order valence-corrected chi connectivity index (χ3v) is 3.09. The van der Waals surface area contributed by atoms with Gasteiger partial charge in [-0.3, -0.25) is 4.79 Å². The molecule has 0 aliphatic rings. The highest BCUT2D eigenvalue weighted by Gasteiger charge is 2.17. The summed E-state index contributed by atoms with van der Waals surface area (Å²) in [7, 11) is 1.58. The molecule has 1 amide bonds. The quantitative estimate of drug-likeness (QED) is 0.797. The standard InChI is InChI=1S/C14H9Cl2N3O/c1-19(11-5-3-2-4-9(11)8-17)14(20)10-6-12(15)18-13(16)7-10/h2-7H,1H3. The number of benzene rings is 1. The Labute approximate surface area is 126 Å². The summed E-state index contributed by atoms with van der Waals surface area (Å²) < 4.78 is 0. The second-order valence-corrected chi connectivity index (χ2v) is 4.77. The molecule has 0 aliphatic heterocycles.